The molecule has 0 radical (unpaired) electrons. The highest BCUT2D eigenvalue weighted by Crippen LogP contribution is 2.28. The molecule has 1 aliphatic rings. The molecule has 7 heteroatoms. The third-order valence-corrected chi connectivity index (χ3v) is 4.39. The van der Waals surface area contributed by atoms with Gasteiger partial charge in [-0.05, 0) is 24.1 Å². The number of nitrogens with zero attached hydrogens (tertiary/aromatic N) is 4. The molecule has 4 rings (SSSR count). The molecule has 0 bridgehead atoms. The summed E-state index contributed by atoms with van der Waals surface area (Å²) in [5.41, 5.74) is 2.19. The minimum atomic E-state index is -0.294. The number of hydrogen-bond donors (Lipinski definition) is 1. The van der Waals surface area contributed by atoms with Gasteiger partial charge in [-0.3, -0.25) is 4.79 Å². The second kappa shape index (κ2) is 5.92. The number of aromatic nitrogens is 4. The number of hydrogen-bond acceptors (Lipinski definition) is 3. The standard InChI is InChI=1S/C17H16FN5O/c18-13-3-1-12(2-4-13)15-7-19-8-16(15)17(24)22-6-5-14(9-22)23-11-20-10-21-23/h1-4,7-8,10-11,14,19H,5-6,9H2. The number of halogens is 1. The number of carbonyl (C=O) groups excluding carboxylic acids is 1. The van der Waals surface area contributed by atoms with Gasteiger partial charge in [0.05, 0.1) is 11.6 Å². The van der Waals surface area contributed by atoms with Gasteiger partial charge in [0.1, 0.15) is 18.5 Å². The first kappa shape index (κ1) is 14.6. The van der Waals surface area contributed by atoms with Crippen LogP contribution >= 0.6 is 0 Å². The summed E-state index contributed by atoms with van der Waals surface area (Å²) in [6.45, 7) is 1.29. The Morgan fingerprint density at radius 2 is 2.08 bits per heavy atom. The second-order valence-electron chi connectivity index (χ2n) is 5.86. The molecular weight excluding hydrogens is 309 g/mol. The van der Waals surface area contributed by atoms with Gasteiger partial charge in [-0.25, -0.2) is 14.1 Å². The monoisotopic (exact) mass is 325 g/mol. The Morgan fingerprint density at radius 1 is 1.25 bits per heavy atom. The van der Waals surface area contributed by atoms with Crippen molar-refractivity contribution in [1.82, 2.24) is 24.6 Å². The zero-order valence-electron chi connectivity index (χ0n) is 12.9. The van der Waals surface area contributed by atoms with Crippen LogP contribution in [-0.2, 0) is 0 Å². The smallest absolute Gasteiger partial charge is 0.256 e. The third-order valence-electron chi connectivity index (χ3n) is 4.39. The highest BCUT2D eigenvalue weighted by molar-refractivity contribution is 6.00. The number of aromatic amines is 1. The molecule has 6 nitrogen and oxygen atoms in total. The van der Waals surface area contributed by atoms with Gasteiger partial charge >= 0.3 is 0 Å². The van der Waals surface area contributed by atoms with E-state index in [0.29, 0.717) is 18.7 Å². The summed E-state index contributed by atoms with van der Waals surface area (Å²) in [6.07, 6.45) is 7.50. The van der Waals surface area contributed by atoms with Gasteiger partial charge in [0, 0.05) is 31.0 Å². The number of nitrogens with one attached hydrogen (secondary N) is 1. The van der Waals surface area contributed by atoms with Gasteiger partial charge in [-0.1, -0.05) is 12.1 Å². The molecular formula is C17H16FN5O. The number of carbonyl (C=O) groups is 1. The first-order valence-corrected chi connectivity index (χ1v) is 7.78. The largest absolute Gasteiger partial charge is 0.366 e. The van der Waals surface area contributed by atoms with Crippen molar-refractivity contribution in [3.05, 3.63) is 60.7 Å². The van der Waals surface area contributed by atoms with E-state index >= 15 is 0 Å². The van der Waals surface area contributed by atoms with E-state index in [1.54, 1.807) is 35.5 Å². The fourth-order valence-electron chi connectivity index (χ4n) is 3.13. The Bertz CT molecular complexity index is 840. The zero-order valence-corrected chi connectivity index (χ0v) is 12.9. The average Bonchev–Trinajstić information content (AvgIpc) is 3.34. The van der Waals surface area contributed by atoms with E-state index in [1.807, 2.05) is 4.90 Å². The lowest BCUT2D eigenvalue weighted by Gasteiger charge is -2.17. The van der Waals surface area contributed by atoms with E-state index in [1.165, 1.54) is 18.5 Å². The van der Waals surface area contributed by atoms with Crippen LogP contribution in [0.5, 0.6) is 0 Å². The molecule has 0 aliphatic carbocycles. The Labute approximate surface area is 137 Å². The van der Waals surface area contributed by atoms with Gasteiger partial charge < -0.3 is 9.88 Å². The van der Waals surface area contributed by atoms with E-state index in [0.717, 1.165) is 17.5 Å². The lowest BCUT2D eigenvalue weighted by Crippen LogP contribution is -2.29. The van der Waals surface area contributed by atoms with Crippen molar-refractivity contribution >= 4 is 5.91 Å². The van der Waals surface area contributed by atoms with E-state index in [9.17, 15) is 9.18 Å². The van der Waals surface area contributed by atoms with Crippen molar-refractivity contribution in [2.45, 2.75) is 12.5 Å². The fraction of sp³-hybridized carbons (Fsp3) is 0.235. The topological polar surface area (TPSA) is 66.8 Å². The van der Waals surface area contributed by atoms with Crippen molar-refractivity contribution in [1.29, 1.82) is 0 Å². The Balaban J connectivity index is 1.56. The highest BCUT2D eigenvalue weighted by Gasteiger charge is 2.30. The van der Waals surface area contributed by atoms with Crippen molar-refractivity contribution in [2.24, 2.45) is 0 Å². The molecule has 1 amide bonds. The molecule has 0 spiro atoms. The van der Waals surface area contributed by atoms with E-state index in [4.69, 9.17) is 0 Å². The number of benzene rings is 1. The molecule has 3 aromatic rings. The molecule has 1 aliphatic heterocycles. The first-order valence-electron chi connectivity index (χ1n) is 7.78. The number of likely N-dealkylation sites (tertiary alicyclic amines) is 1. The summed E-state index contributed by atoms with van der Waals surface area (Å²) >= 11 is 0. The number of rotatable bonds is 3. The summed E-state index contributed by atoms with van der Waals surface area (Å²) in [5, 5.41) is 4.15. The van der Waals surface area contributed by atoms with Crippen LogP contribution in [0.4, 0.5) is 4.39 Å². The molecule has 2 aromatic heterocycles. The van der Waals surface area contributed by atoms with Crippen molar-refractivity contribution in [3.8, 4) is 11.1 Å². The summed E-state index contributed by atoms with van der Waals surface area (Å²) in [7, 11) is 0. The normalized spacial score (nSPS) is 17.4. The first-order chi connectivity index (χ1) is 11.7. The van der Waals surface area contributed by atoms with Gasteiger partial charge in [0.15, 0.2) is 0 Å². The van der Waals surface area contributed by atoms with E-state index in [-0.39, 0.29) is 17.8 Å². The van der Waals surface area contributed by atoms with Gasteiger partial charge in [0.2, 0.25) is 0 Å². The maximum Gasteiger partial charge on any atom is 0.256 e. The van der Waals surface area contributed by atoms with Crippen LogP contribution in [0.3, 0.4) is 0 Å². The van der Waals surface area contributed by atoms with Crippen LogP contribution in [0, 0.1) is 5.82 Å². The number of amides is 1. The van der Waals surface area contributed by atoms with Crippen LogP contribution < -0.4 is 0 Å². The van der Waals surface area contributed by atoms with Crippen LogP contribution in [0.2, 0.25) is 0 Å². The second-order valence-corrected chi connectivity index (χ2v) is 5.86. The van der Waals surface area contributed by atoms with Gasteiger partial charge in [-0.15, -0.1) is 0 Å². The van der Waals surface area contributed by atoms with Gasteiger partial charge in [0.25, 0.3) is 5.91 Å². The molecule has 3 heterocycles. The zero-order chi connectivity index (χ0) is 16.5. The quantitative estimate of drug-likeness (QED) is 0.804. The lowest BCUT2D eigenvalue weighted by molar-refractivity contribution is 0.0788. The summed E-state index contributed by atoms with van der Waals surface area (Å²) in [5.74, 6) is -0.324. The molecule has 122 valence electrons. The molecule has 1 unspecified atom stereocenters. The molecule has 0 saturated carbocycles. The summed E-state index contributed by atoms with van der Waals surface area (Å²) < 4.78 is 14.9. The van der Waals surface area contributed by atoms with E-state index < -0.39 is 0 Å². The molecule has 1 atom stereocenters. The summed E-state index contributed by atoms with van der Waals surface area (Å²) in [4.78, 5) is 21.6. The molecule has 1 fully saturated rings. The Hall–Kier alpha value is -2.96. The SMILES string of the molecule is O=C(c1c[nH]cc1-c1ccc(F)cc1)N1CCC(n2cncn2)C1. The molecule has 1 aromatic carbocycles. The van der Waals surface area contributed by atoms with Crippen LogP contribution in [0.15, 0.2) is 49.3 Å². The number of H-pyrrole nitrogens is 1. The molecule has 24 heavy (non-hydrogen) atoms. The van der Waals surface area contributed by atoms with Crippen molar-refractivity contribution in [3.63, 3.8) is 0 Å². The van der Waals surface area contributed by atoms with E-state index in [2.05, 4.69) is 15.1 Å². The van der Waals surface area contributed by atoms with Crippen LogP contribution in [0.25, 0.3) is 11.1 Å². The minimum absolute atomic E-state index is 0.0295. The lowest BCUT2D eigenvalue weighted by atomic mass is 10.0. The van der Waals surface area contributed by atoms with Crippen LogP contribution in [-0.4, -0.2) is 43.6 Å². The third kappa shape index (κ3) is 2.58. The highest BCUT2D eigenvalue weighted by atomic mass is 19.1. The average molecular weight is 325 g/mol. The predicted octanol–water partition coefficient (Wildman–Crippen LogP) is 2.50. The fourth-order valence-corrected chi connectivity index (χ4v) is 3.13. The van der Waals surface area contributed by atoms with Crippen molar-refractivity contribution in [2.75, 3.05) is 13.1 Å². The molecule has 1 saturated heterocycles. The maximum absolute atomic E-state index is 13.1. The molecule has 1 N–H and O–H groups in total. The van der Waals surface area contributed by atoms with Crippen LogP contribution in [0.1, 0.15) is 22.8 Å². The maximum atomic E-state index is 13.1. The van der Waals surface area contributed by atoms with Crippen molar-refractivity contribution < 1.29 is 9.18 Å². The summed E-state index contributed by atoms with van der Waals surface area (Å²) in [6, 6.07) is 6.31. The Morgan fingerprint density at radius 3 is 2.83 bits per heavy atom. The Kier molecular flexibility index (Phi) is 3.60. The van der Waals surface area contributed by atoms with Gasteiger partial charge in [-0.2, -0.15) is 5.10 Å². The minimum Gasteiger partial charge on any atom is -0.366 e. The predicted molar refractivity (Wildman–Crippen MR) is 85.8 cm³/mol.